The van der Waals surface area contributed by atoms with Crippen molar-refractivity contribution in [2.75, 3.05) is 0 Å². The maximum atomic E-state index is 13.2. The summed E-state index contributed by atoms with van der Waals surface area (Å²) >= 11 is 9.53. The minimum atomic E-state index is -4.76. The summed E-state index contributed by atoms with van der Waals surface area (Å²) in [6.07, 6.45) is -4.76. The molecule has 2 aromatic carbocycles. The third-order valence-corrected chi connectivity index (χ3v) is 4.10. The van der Waals surface area contributed by atoms with Crippen molar-refractivity contribution in [3.8, 4) is 22.4 Å². The summed E-state index contributed by atoms with van der Waals surface area (Å²) in [5.74, 6) is -2.04. The quantitative estimate of drug-likeness (QED) is 0.352. The van der Waals surface area contributed by atoms with E-state index in [0.717, 1.165) is 0 Å². The number of benzene rings is 2. The van der Waals surface area contributed by atoms with Crippen molar-refractivity contribution < 1.29 is 22.1 Å². The fourth-order valence-corrected chi connectivity index (χ4v) is 2.83. The van der Waals surface area contributed by atoms with Crippen molar-refractivity contribution >= 4 is 30.5 Å². The van der Waals surface area contributed by atoms with E-state index in [2.05, 4.69) is 27.1 Å². The summed E-state index contributed by atoms with van der Waals surface area (Å²) in [6.45, 7) is 0. The van der Waals surface area contributed by atoms with Gasteiger partial charge in [0, 0.05) is 24.0 Å². The predicted octanol–water partition coefficient (Wildman–Crippen LogP) is 5.48. The van der Waals surface area contributed by atoms with Crippen molar-refractivity contribution in [1.29, 1.82) is 0 Å². The minimum absolute atomic E-state index is 0.000634. The summed E-state index contributed by atoms with van der Waals surface area (Å²) in [7, 11) is 0. The van der Waals surface area contributed by atoms with Gasteiger partial charge in [0.15, 0.2) is 0 Å². The zero-order chi connectivity index (χ0) is 19.6. The van der Waals surface area contributed by atoms with E-state index in [4.69, 9.17) is 11.6 Å². The summed E-state index contributed by atoms with van der Waals surface area (Å²) in [6, 6.07) is 14.3. The van der Waals surface area contributed by atoms with Crippen molar-refractivity contribution in [1.82, 2.24) is 9.97 Å². The lowest BCUT2D eigenvalue weighted by molar-refractivity contribution is -0.144. The van der Waals surface area contributed by atoms with Crippen LogP contribution in [0.15, 0.2) is 54.6 Å². The zero-order valence-electron chi connectivity index (χ0n) is 13.4. The summed E-state index contributed by atoms with van der Waals surface area (Å²) in [5, 5.41) is -0.322. The topological polar surface area (TPSA) is 52.1 Å². The van der Waals surface area contributed by atoms with Gasteiger partial charge in [-0.05, 0) is 17.7 Å². The molecule has 1 heterocycles. The van der Waals surface area contributed by atoms with Gasteiger partial charge in [-0.15, -0.1) is 0 Å². The van der Waals surface area contributed by atoms with E-state index in [1.807, 2.05) is 0 Å². The molecule has 0 saturated heterocycles. The molecular formula is C18H10ClF3N2O2S. The van der Waals surface area contributed by atoms with Crippen LogP contribution < -0.4 is 0 Å². The molecule has 0 fully saturated rings. The van der Waals surface area contributed by atoms with Gasteiger partial charge in [0.2, 0.25) is 5.82 Å². The highest BCUT2D eigenvalue weighted by Gasteiger charge is 2.36. The molecule has 0 saturated carbocycles. The normalized spacial score (nSPS) is 11.3. The number of alkyl halides is 3. The average molecular weight is 411 g/mol. The minimum Gasteiger partial charge on any atom is -0.391 e. The van der Waals surface area contributed by atoms with Gasteiger partial charge in [-0.25, -0.2) is 14.8 Å². The lowest BCUT2D eigenvalue weighted by Crippen LogP contribution is -2.12. The van der Waals surface area contributed by atoms with Crippen molar-refractivity contribution in [3.05, 3.63) is 71.1 Å². The first kappa shape index (κ1) is 19.2. The largest absolute Gasteiger partial charge is 0.451 e. The van der Waals surface area contributed by atoms with E-state index in [0.29, 0.717) is 11.1 Å². The van der Waals surface area contributed by atoms with E-state index in [1.54, 1.807) is 30.3 Å². The second kappa shape index (κ2) is 7.58. The fourth-order valence-electron chi connectivity index (χ4n) is 2.45. The Kier molecular flexibility index (Phi) is 5.38. The van der Waals surface area contributed by atoms with Crippen LogP contribution in [0.4, 0.5) is 13.2 Å². The van der Waals surface area contributed by atoms with Gasteiger partial charge in [-0.1, -0.05) is 54.1 Å². The van der Waals surface area contributed by atoms with Gasteiger partial charge >= 0.3 is 12.1 Å². The Bertz CT molecular complexity index is 980. The molecule has 9 heteroatoms. The van der Waals surface area contributed by atoms with E-state index in [9.17, 15) is 18.0 Å². The Hall–Kier alpha value is -2.58. The van der Waals surface area contributed by atoms with Crippen LogP contribution in [0.25, 0.3) is 22.4 Å². The van der Waals surface area contributed by atoms with E-state index >= 15 is 0 Å². The van der Waals surface area contributed by atoms with Crippen LogP contribution in [0, 0.1) is 0 Å². The van der Waals surface area contributed by atoms with Crippen molar-refractivity contribution in [2.24, 2.45) is 0 Å². The number of rotatable bonds is 3. The Morgan fingerprint density at radius 1 is 0.963 bits per heavy atom. The van der Waals surface area contributed by atoms with Crippen LogP contribution in [0.1, 0.15) is 16.2 Å². The van der Waals surface area contributed by atoms with E-state index in [-0.39, 0.29) is 22.0 Å². The summed E-state index contributed by atoms with van der Waals surface area (Å²) < 4.78 is 43.8. The molecule has 0 N–H and O–H groups in total. The average Bonchev–Trinajstić information content (AvgIpc) is 2.67. The SMILES string of the molecule is O=C(OS)c1ccc(-c2nc(C(F)(F)F)nc(Cl)c2-c2ccccc2)cc1. The van der Waals surface area contributed by atoms with Gasteiger partial charge in [-0.3, -0.25) is 0 Å². The third kappa shape index (κ3) is 4.06. The van der Waals surface area contributed by atoms with Gasteiger partial charge in [0.05, 0.1) is 11.3 Å². The van der Waals surface area contributed by atoms with Crippen LogP contribution in [-0.2, 0) is 10.4 Å². The van der Waals surface area contributed by atoms with Crippen LogP contribution in [-0.4, -0.2) is 15.9 Å². The molecule has 0 radical (unpaired) electrons. The molecule has 0 atom stereocenters. The predicted molar refractivity (Wildman–Crippen MR) is 97.3 cm³/mol. The number of carbonyl (C=O) groups excluding carboxylic acids is 1. The monoisotopic (exact) mass is 410 g/mol. The molecule has 1 aromatic heterocycles. The van der Waals surface area contributed by atoms with Crippen molar-refractivity contribution in [3.63, 3.8) is 0 Å². The molecule has 138 valence electrons. The highest BCUT2D eigenvalue weighted by Crippen LogP contribution is 2.38. The molecule has 4 nitrogen and oxygen atoms in total. The fraction of sp³-hybridized carbons (Fsp3) is 0.0556. The smallest absolute Gasteiger partial charge is 0.391 e. The van der Waals surface area contributed by atoms with Crippen LogP contribution in [0.2, 0.25) is 5.15 Å². The highest BCUT2D eigenvalue weighted by molar-refractivity contribution is 7.75. The Morgan fingerprint density at radius 2 is 1.59 bits per heavy atom. The summed E-state index contributed by atoms with van der Waals surface area (Å²) in [4.78, 5) is 18.6. The number of hydrogen-bond donors (Lipinski definition) is 1. The number of hydrogen-bond acceptors (Lipinski definition) is 5. The summed E-state index contributed by atoms with van der Waals surface area (Å²) in [5.41, 5.74) is 1.34. The Balaban J connectivity index is 2.22. The first-order valence-corrected chi connectivity index (χ1v) is 8.22. The number of aromatic nitrogens is 2. The zero-order valence-corrected chi connectivity index (χ0v) is 15.0. The molecule has 0 bridgehead atoms. The molecule has 27 heavy (non-hydrogen) atoms. The molecule has 0 amide bonds. The second-order valence-electron chi connectivity index (χ2n) is 5.38. The van der Waals surface area contributed by atoms with Gasteiger partial charge in [0.25, 0.3) is 0 Å². The molecule has 0 unspecified atom stereocenters. The highest BCUT2D eigenvalue weighted by atomic mass is 35.5. The van der Waals surface area contributed by atoms with Crippen molar-refractivity contribution in [2.45, 2.75) is 6.18 Å². The molecule has 3 rings (SSSR count). The number of nitrogens with zero attached hydrogens (tertiary/aromatic N) is 2. The molecule has 3 aromatic rings. The van der Waals surface area contributed by atoms with Gasteiger partial charge < -0.3 is 4.18 Å². The first-order valence-electron chi connectivity index (χ1n) is 7.47. The number of halogens is 4. The Morgan fingerprint density at radius 3 is 2.15 bits per heavy atom. The maximum absolute atomic E-state index is 13.2. The molecular weight excluding hydrogens is 401 g/mol. The van der Waals surface area contributed by atoms with Crippen LogP contribution in [0.3, 0.4) is 0 Å². The first-order chi connectivity index (χ1) is 12.8. The lowest BCUT2D eigenvalue weighted by Gasteiger charge is -2.14. The molecule has 0 aliphatic heterocycles. The molecule has 0 aliphatic rings. The maximum Gasteiger partial charge on any atom is 0.451 e. The van der Waals surface area contributed by atoms with E-state index < -0.39 is 18.0 Å². The van der Waals surface area contributed by atoms with Gasteiger partial charge in [-0.2, -0.15) is 13.2 Å². The molecule has 0 aliphatic carbocycles. The second-order valence-corrected chi connectivity index (χ2v) is 5.92. The van der Waals surface area contributed by atoms with E-state index in [1.165, 1.54) is 24.3 Å². The number of thiol groups is 1. The Labute approximate surface area is 162 Å². The lowest BCUT2D eigenvalue weighted by atomic mass is 10.00. The van der Waals surface area contributed by atoms with Crippen LogP contribution in [0.5, 0.6) is 0 Å². The van der Waals surface area contributed by atoms with Crippen LogP contribution >= 0.6 is 24.5 Å². The standard InChI is InChI=1S/C18H10ClF3N2O2S/c19-15-13(10-4-2-1-3-5-10)14(23-17(24-15)18(20,21)22)11-6-8-12(9-7-11)16(25)26-27/h1-9,27H. The molecule has 0 spiro atoms. The third-order valence-electron chi connectivity index (χ3n) is 3.66. The van der Waals surface area contributed by atoms with Gasteiger partial charge in [0.1, 0.15) is 5.15 Å². The number of carbonyl (C=O) groups is 1.